The molecule has 2 aromatic heterocycles. The minimum Gasteiger partial charge on any atom is -0.261 e. The van der Waals surface area contributed by atoms with Crippen LogP contribution in [-0.2, 0) is 12.8 Å². The normalized spacial score (nSPS) is 10.3. The Kier molecular flexibility index (Phi) is 6.48. The van der Waals surface area contributed by atoms with E-state index >= 15 is 0 Å². The van der Waals surface area contributed by atoms with Gasteiger partial charge in [0, 0.05) is 28.4 Å². The summed E-state index contributed by atoms with van der Waals surface area (Å²) in [5.41, 5.74) is 5.90. The van der Waals surface area contributed by atoms with Crippen molar-refractivity contribution in [3.63, 3.8) is 0 Å². The van der Waals surface area contributed by atoms with Gasteiger partial charge in [0.1, 0.15) is 5.01 Å². The number of hydrogen-bond donors (Lipinski definition) is 0. The van der Waals surface area contributed by atoms with Crippen molar-refractivity contribution in [2.24, 2.45) is 0 Å². The standard InChI is InChI=1S/C19H20N2S.BrH/c1-3-5-17-12-16(10-11-20-17)19-21-18(13-22-19)15-8-6-14(4-2)7-9-15;/h6-13H,3-5H2,1-2H3;1H. The van der Waals surface area contributed by atoms with E-state index in [4.69, 9.17) is 4.98 Å². The van der Waals surface area contributed by atoms with Crippen LogP contribution in [0.3, 0.4) is 0 Å². The Morgan fingerprint density at radius 2 is 1.78 bits per heavy atom. The SMILES string of the molecule is Br.CCCc1cc(-c2nc(-c3ccc(CC)cc3)cs2)ccn1. The van der Waals surface area contributed by atoms with Crippen LogP contribution >= 0.6 is 28.3 Å². The van der Waals surface area contributed by atoms with Crippen LogP contribution in [-0.4, -0.2) is 9.97 Å². The first-order valence-electron chi connectivity index (χ1n) is 7.80. The summed E-state index contributed by atoms with van der Waals surface area (Å²) < 4.78 is 0. The molecule has 2 nitrogen and oxygen atoms in total. The Morgan fingerprint density at radius 3 is 2.48 bits per heavy atom. The number of halogens is 1. The number of nitrogens with zero attached hydrogens (tertiary/aromatic N) is 2. The summed E-state index contributed by atoms with van der Waals surface area (Å²) in [5.74, 6) is 0. The van der Waals surface area contributed by atoms with Gasteiger partial charge >= 0.3 is 0 Å². The van der Waals surface area contributed by atoms with Gasteiger partial charge in [0.25, 0.3) is 0 Å². The average Bonchev–Trinajstić information content (AvgIpc) is 3.06. The van der Waals surface area contributed by atoms with Crippen LogP contribution in [0.1, 0.15) is 31.5 Å². The zero-order chi connectivity index (χ0) is 15.4. The smallest absolute Gasteiger partial charge is 0.124 e. The summed E-state index contributed by atoms with van der Waals surface area (Å²) in [4.78, 5) is 9.21. The Bertz CT molecular complexity index is 750. The van der Waals surface area contributed by atoms with Gasteiger partial charge in [0.05, 0.1) is 5.69 Å². The molecule has 2 heterocycles. The van der Waals surface area contributed by atoms with Gasteiger partial charge in [-0.05, 0) is 30.5 Å². The molecule has 0 atom stereocenters. The molecule has 1 aromatic carbocycles. The third-order valence-corrected chi connectivity index (χ3v) is 4.62. The number of pyridine rings is 1. The van der Waals surface area contributed by atoms with Crippen LogP contribution in [0, 0.1) is 0 Å². The molecule has 0 aliphatic carbocycles. The van der Waals surface area contributed by atoms with E-state index in [-0.39, 0.29) is 17.0 Å². The first-order valence-corrected chi connectivity index (χ1v) is 8.68. The second-order valence-corrected chi connectivity index (χ2v) is 6.23. The largest absolute Gasteiger partial charge is 0.261 e. The maximum atomic E-state index is 4.80. The minimum atomic E-state index is 0. The van der Waals surface area contributed by atoms with E-state index in [1.807, 2.05) is 12.3 Å². The second kappa shape index (κ2) is 8.37. The Hall–Kier alpha value is -1.52. The van der Waals surface area contributed by atoms with E-state index < -0.39 is 0 Å². The Balaban J connectivity index is 0.00000192. The summed E-state index contributed by atoms with van der Waals surface area (Å²) in [6.45, 7) is 4.35. The average molecular weight is 389 g/mol. The van der Waals surface area contributed by atoms with Crippen molar-refractivity contribution in [2.75, 3.05) is 0 Å². The highest BCUT2D eigenvalue weighted by molar-refractivity contribution is 8.93. The monoisotopic (exact) mass is 388 g/mol. The predicted octanol–water partition coefficient (Wildman–Crippen LogP) is 5.96. The summed E-state index contributed by atoms with van der Waals surface area (Å²) >= 11 is 1.70. The Morgan fingerprint density at radius 1 is 1.00 bits per heavy atom. The molecular formula is C19H21BrN2S. The van der Waals surface area contributed by atoms with Crippen molar-refractivity contribution in [2.45, 2.75) is 33.1 Å². The minimum absolute atomic E-state index is 0. The third kappa shape index (κ3) is 4.27. The molecule has 23 heavy (non-hydrogen) atoms. The molecule has 0 fully saturated rings. The fraction of sp³-hybridized carbons (Fsp3) is 0.263. The molecular weight excluding hydrogens is 368 g/mol. The maximum Gasteiger partial charge on any atom is 0.124 e. The molecule has 4 heteroatoms. The number of rotatable bonds is 5. The molecule has 0 unspecified atom stereocenters. The van der Waals surface area contributed by atoms with Gasteiger partial charge in [-0.15, -0.1) is 28.3 Å². The predicted molar refractivity (Wildman–Crippen MR) is 104 cm³/mol. The van der Waals surface area contributed by atoms with Crippen molar-refractivity contribution in [3.05, 3.63) is 59.2 Å². The number of benzene rings is 1. The van der Waals surface area contributed by atoms with Crippen LogP contribution in [0.15, 0.2) is 48.0 Å². The third-order valence-electron chi connectivity index (χ3n) is 3.73. The molecule has 3 rings (SSSR count). The summed E-state index contributed by atoms with van der Waals surface area (Å²) in [6, 6.07) is 12.9. The van der Waals surface area contributed by atoms with E-state index in [1.165, 1.54) is 16.7 Å². The Labute approximate surface area is 152 Å². The molecule has 0 N–H and O–H groups in total. The number of thiazole rings is 1. The topological polar surface area (TPSA) is 25.8 Å². The molecule has 0 bridgehead atoms. The molecule has 0 amide bonds. The quantitative estimate of drug-likeness (QED) is 0.538. The van der Waals surface area contributed by atoms with Gasteiger partial charge < -0.3 is 0 Å². The highest BCUT2D eigenvalue weighted by atomic mass is 79.9. The highest BCUT2D eigenvalue weighted by Crippen LogP contribution is 2.29. The van der Waals surface area contributed by atoms with Gasteiger partial charge in [0.2, 0.25) is 0 Å². The fourth-order valence-electron chi connectivity index (χ4n) is 2.45. The van der Waals surface area contributed by atoms with Gasteiger partial charge in [-0.25, -0.2) is 4.98 Å². The van der Waals surface area contributed by atoms with E-state index in [9.17, 15) is 0 Å². The summed E-state index contributed by atoms with van der Waals surface area (Å²) in [6.07, 6.45) is 5.09. The zero-order valence-corrected chi connectivity index (χ0v) is 16.0. The second-order valence-electron chi connectivity index (χ2n) is 5.37. The number of aryl methyl sites for hydroxylation is 2. The molecule has 3 aromatic rings. The van der Waals surface area contributed by atoms with E-state index in [2.05, 4.69) is 54.5 Å². The highest BCUT2D eigenvalue weighted by Gasteiger charge is 2.07. The van der Waals surface area contributed by atoms with Crippen LogP contribution in [0.4, 0.5) is 0 Å². The van der Waals surface area contributed by atoms with Crippen LogP contribution in [0.5, 0.6) is 0 Å². The fourth-order valence-corrected chi connectivity index (χ4v) is 3.28. The lowest BCUT2D eigenvalue weighted by Crippen LogP contribution is -1.89. The van der Waals surface area contributed by atoms with Crippen molar-refractivity contribution in [3.8, 4) is 21.8 Å². The zero-order valence-electron chi connectivity index (χ0n) is 13.5. The van der Waals surface area contributed by atoms with Crippen LogP contribution in [0.25, 0.3) is 21.8 Å². The molecule has 0 aliphatic heterocycles. The number of aromatic nitrogens is 2. The van der Waals surface area contributed by atoms with Gasteiger partial charge in [-0.3, -0.25) is 4.98 Å². The molecule has 0 saturated heterocycles. The van der Waals surface area contributed by atoms with Gasteiger partial charge in [-0.1, -0.05) is 44.5 Å². The van der Waals surface area contributed by atoms with Gasteiger partial charge in [0.15, 0.2) is 0 Å². The molecule has 0 radical (unpaired) electrons. The first-order chi connectivity index (χ1) is 10.8. The van der Waals surface area contributed by atoms with Crippen molar-refractivity contribution in [1.82, 2.24) is 9.97 Å². The van der Waals surface area contributed by atoms with E-state index in [0.717, 1.165) is 35.7 Å². The van der Waals surface area contributed by atoms with Crippen molar-refractivity contribution >= 4 is 28.3 Å². The first kappa shape index (κ1) is 17.8. The molecule has 0 saturated carbocycles. The van der Waals surface area contributed by atoms with Crippen LogP contribution < -0.4 is 0 Å². The number of hydrogen-bond acceptors (Lipinski definition) is 3. The molecule has 120 valence electrons. The lowest BCUT2D eigenvalue weighted by Gasteiger charge is -2.01. The summed E-state index contributed by atoms with van der Waals surface area (Å²) in [5, 5.41) is 3.20. The van der Waals surface area contributed by atoms with E-state index in [0.29, 0.717) is 0 Å². The lowest BCUT2D eigenvalue weighted by atomic mass is 10.1. The van der Waals surface area contributed by atoms with Gasteiger partial charge in [-0.2, -0.15) is 0 Å². The lowest BCUT2D eigenvalue weighted by molar-refractivity contribution is 0.883. The maximum absolute atomic E-state index is 4.80. The molecule has 0 aliphatic rings. The van der Waals surface area contributed by atoms with E-state index in [1.54, 1.807) is 11.3 Å². The van der Waals surface area contributed by atoms with Crippen molar-refractivity contribution < 1.29 is 0 Å². The van der Waals surface area contributed by atoms with Crippen LogP contribution in [0.2, 0.25) is 0 Å². The molecule has 0 spiro atoms. The van der Waals surface area contributed by atoms with Crippen molar-refractivity contribution in [1.29, 1.82) is 0 Å². The summed E-state index contributed by atoms with van der Waals surface area (Å²) in [7, 11) is 0.